The van der Waals surface area contributed by atoms with E-state index in [1.807, 2.05) is 0 Å². The second-order valence-corrected chi connectivity index (χ2v) is 34.4. The zero-order chi connectivity index (χ0) is 77.4. The molecule has 0 radical (unpaired) electrons. The number of rotatable bonds is 4. The van der Waals surface area contributed by atoms with Gasteiger partial charge in [-0.15, -0.1) is 0 Å². The maximum Gasteiger partial charge on any atom is 0.0541 e. The smallest absolute Gasteiger partial charge is 0.0541 e. The molecule has 0 N–H and O–H groups in total. The fourth-order valence-electron chi connectivity index (χ4n) is 18.6. The second kappa shape index (κ2) is 26.8. The first-order valence-corrected chi connectivity index (χ1v) is 39.8. The van der Waals surface area contributed by atoms with Crippen LogP contribution in [-0.4, -0.2) is 32.0 Å². The maximum absolute atomic E-state index is 2.48. The zero-order valence-electron chi connectivity index (χ0n) is 66.5. The van der Waals surface area contributed by atoms with E-state index in [1.165, 1.54) is 181 Å². The van der Waals surface area contributed by atoms with Gasteiger partial charge in [0.25, 0.3) is 0 Å². The molecular weight excluding hydrogens is 1370 g/mol. The molecule has 0 saturated heterocycles. The number of para-hydroxylation sites is 11. The summed E-state index contributed by atoms with van der Waals surface area (Å²) >= 11 is 0. The first-order valence-electron chi connectivity index (χ1n) is 39.8. The number of nitrogens with zero attached hydrogens (tertiary/aromatic N) is 7. The van der Waals surface area contributed by atoms with Gasteiger partial charge in [0.2, 0.25) is 0 Å². The van der Waals surface area contributed by atoms with Gasteiger partial charge in [0.05, 0.1) is 38.6 Å². The van der Waals surface area contributed by atoms with Crippen molar-refractivity contribution in [3.63, 3.8) is 0 Å². The number of hydrogen-bond acceptors (Lipinski definition) is 0. The predicted molar refractivity (Wildman–Crippen MR) is 486 cm³/mol. The summed E-state index contributed by atoms with van der Waals surface area (Å²) in [7, 11) is 0. The lowest BCUT2D eigenvalue weighted by atomic mass is 10.0. The molecule has 0 saturated carbocycles. The van der Waals surface area contributed by atoms with E-state index >= 15 is 0 Å². The van der Waals surface area contributed by atoms with Crippen LogP contribution in [0.2, 0.25) is 0 Å². The van der Waals surface area contributed by atoms with Crippen LogP contribution < -0.4 is 0 Å². The third-order valence-corrected chi connectivity index (χ3v) is 22.9. The summed E-state index contributed by atoms with van der Waals surface area (Å²) in [4.78, 5) is 0. The second-order valence-electron chi connectivity index (χ2n) is 34.4. The number of fused-ring (bicyclic) bond motifs is 21. The van der Waals surface area contributed by atoms with Gasteiger partial charge in [-0.2, -0.15) is 0 Å². The van der Waals surface area contributed by atoms with Gasteiger partial charge < -0.3 is 32.0 Å². The number of aromatic nitrogens is 7. The molecule has 7 nitrogen and oxygen atoms in total. The highest BCUT2D eigenvalue weighted by Gasteiger charge is 2.27. The highest BCUT2D eigenvalue weighted by molar-refractivity contribution is 6.16. The van der Waals surface area contributed by atoms with Gasteiger partial charge in [0, 0.05) is 153 Å². The van der Waals surface area contributed by atoms with E-state index in [9.17, 15) is 0 Å². The Morgan fingerprint density at radius 3 is 0.690 bits per heavy atom. The summed E-state index contributed by atoms with van der Waals surface area (Å²) in [5.41, 5.74) is 24.0. The van der Waals surface area contributed by atoms with Gasteiger partial charge >= 0.3 is 0 Å². The summed E-state index contributed by atoms with van der Waals surface area (Å²) in [6, 6.07) is 125. The van der Waals surface area contributed by atoms with Gasteiger partial charge in [0.1, 0.15) is 0 Å². The molecule has 0 spiro atoms. The average molecular weight is 1460 g/mol. The Kier molecular flexibility index (Phi) is 16.7. The van der Waals surface area contributed by atoms with Crippen molar-refractivity contribution in [3.8, 4) is 28.2 Å². The van der Waals surface area contributed by atoms with Crippen LogP contribution in [0.25, 0.3) is 181 Å². The Balaban J connectivity index is 0.000000104. The first-order chi connectivity index (χ1) is 54.7. The molecule has 22 rings (SSSR count). The van der Waals surface area contributed by atoms with Crippen molar-refractivity contribution >= 4 is 153 Å². The standard InChI is InChI=1S/C34H28N2.2C28H24N2.C16H17N/c1-34(2,3)36-32-16-10-8-14-27(32)29-22-24(18-20-33(29)36)23-17-19-31-28(21-23)26-13-7-9-15-30(26)35(31)25-11-5-4-6-12-25;1-28(2,3)30-26-15-9-6-12-22(26)23-18-19(16-17-27(23)30)29-24-13-7-4-10-20(24)21-11-5-8-14-25(21)29;1-28(2,3)30-26-15-9-6-12-22(26)23-17-16-19(18-27(23)30)29-24-13-7-4-10-20(24)21-11-5-8-14-25(21)29;1-16(2,3)17-14-10-6-4-8-12(14)13-9-5-7-11-15(13)17/h4-22H,1-3H3;2*4-18H,1-3H3;4-11H,1-3H3. The van der Waals surface area contributed by atoms with E-state index in [1.54, 1.807) is 0 Å². The Morgan fingerprint density at radius 2 is 0.345 bits per heavy atom. The summed E-state index contributed by atoms with van der Waals surface area (Å²) in [5.74, 6) is 0. The molecule has 0 unspecified atom stereocenters. The molecule has 0 bridgehead atoms. The summed E-state index contributed by atoms with van der Waals surface area (Å²) < 4.78 is 17.0. The number of hydrogen-bond donors (Lipinski definition) is 0. The zero-order valence-corrected chi connectivity index (χ0v) is 66.5. The van der Waals surface area contributed by atoms with E-state index in [-0.39, 0.29) is 22.2 Å². The normalized spacial score (nSPS) is 12.4. The minimum Gasteiger partial charge on any atom is -0.335 e. The topological polar surface area (TPSA) is 34.5 Å². The molecule has 0 aliphatic heterocycles. The lowest BCUT2D eigenvalue weighted by Gasteiger charge is -2.24. The van der Waals surface area contributed by atoms with Crippen molar-refractivity contribution < 1.29 is 0 Å². The molecular formula is C106H93N7. The van der Waals surface area contributed by atoms with Crippen LogP contribution in [0, 0.1) is 0 Å². The summed E-state index contributed by atoms with van der Waals surface area (Å²) in [6.07, 6.45) is 0. The fourth-order valence-corrected chi connectivity index (χ4v) is 18.6. The van der Waals surface area contributed by atoms with Crippen molar-refractivity contribution in [1.29, 1.82) is 0 Å². The molecule has 22 aromatic rings. The monoisotopic (exact) mass is 1460 g/mol. The SMILES string of the molecule is CC(C)(C)n1c2ccccc2c2cc(-c3ccc4c(c3)c3ccccc3n4-c3ccccc3)ccc21.CC(C)(C)n1c2ccccc2c2cc(-n3c4ccccc4c4ccccc43)ccc21.CC(C)(C)n1c2ccccc2c2ccc(-n3c4ccccc4c4ccccc43)cc21.CC(C)(C)n1c2ccccc2c2ccccc21. The van der Waals surface area contributed by atoms with Crippen molar-refractivity contribution in [3.05, 3.63) is 346 Å². The molecule has 7 aromatic heterocycles. The van der Waals surface area contributed by atoms with Crippen LogP contribution >= 0.6 is 0 Å². The van der Waals surface area contributed by atoms with E-state index < -0.39 is 0 Å². The Bertz CT molecular complexity index is 7300. The van der Waals surface area contributed by atoms with Crippen molar-refractivity contribution in [2.75, 3.05) is 0 Å². The quantitative estimate of drug-likeness (QED) is 0.168. The van der Waals surface area contributed by atoms with Gasteiger partial charge in [-0.25, -0.2) is 0 Å². The summed E-state index contributed by atoms with van der Waals surface area (Å²) in [6.45, 7) is 27.3. The Hall–Kier alpha value is -13.1. The average Bonchev–Trinajstić information content (AvgIpc) is 1.58. The minimum atomic E-state index is -0.0131. The van der Waals surface area contributed by atoms with E-state index in [4.69, 9.17) is 0 Å². The van der Waals surface area contributed by atoms with Gasteiger partial charge in [-0.3, -0.25) is 0 Å². The van der Waals surface area contributed by atoms with Crippen molar-refractivity contribution in [2.24, 2.45) is 0 Å². The van der Waals surface area contributed by atoms with Gasteiger partial charge in [-0.1, -0.05) is 218 Å². The highest BCUT2D eigenvalue weighted by atomic mass is 15.1. The lowest BCUT2D eigenvalue weighted by Crippen LogP contribution is -2.21. The molecule has 0 aliphatic rings. The van der Waals surface area contributed by atoms with Crippen LogP contribution in [0.4, 0.5) is 0 Å². The van der Waals surface area contributed by atoms with Crippen LogP contribution in [0.15, 0.2) is 346 Å². The van der Waals surface area contributed by atoms with Crippen molar-refractivity contribution in [1.82, 2.24) is 32.0 Å². The van der Waals surface area contributed by atoms with Crippen molar-refractivity contribution in [2.45, 2.75) is 105 Å². The Morgan fingerprint density at radius 1 is 0.142 bits per heavy atom. The third-order valence-electron chi connectivity index (χ3n) is 22.9. The fraction of sp³-hybridized carbons (Fsp3) is 0.151. The third kappa shape index (κ3) is 11.8. The van der Waals surface area contributed by atoms with Gasteiger partial charge in [0.15, 0.2) is 0 Å². The molecule has 0 atom stereocenters. The van der Waals surface area contributed by atoms with E-state index in [0.717, 1.165) is 0 Å². The van der Waals surface area contributed by atoms with E-state index in [2.05, 4.69) is 461 Å². The lowest BCUT2D eigenvalue weighted by molar-refractivity contribution is 0.423. The molecule has 0 fully saturated rings. The minimum absolute atomic E-state index is 0.00104. The molecule has 15 aromatic carbocycles. The molecule has 7 heterocycles. The highest BCUT2D eigenvalue weighted by Crippen LogP contribution is 2.44. The van der Waals surface area contributed by atoms with Crippen LogP contribution in [0.3, 0.4) is 0 Å². The van der Waals surface area contributed by atoms with E-state index in [0.29, 0.717) is 0 Å². The molecule has 552 valence electrons. The molecule has 0 aliphatic carbocycles. The van der Waals surface area contributed by atoms with Crippen LogP contribution in [0.5, 0.6) is 0 Å². The van der Waals surface area contributed by atoms with Gasteiger partial charge in [-0.05, 0) is 222 Å². The maximum atomic E-state index is 2.48. The number of benzene rings is 15. The molecule has 7 heteroatoms. The predicted octanol–water partition coefficient (Wildman–Crippen LogP) is 29.2. The van der Waals surface area contributed by atoms with Crippen LogP contribution in [0.1, 0.15) is 83.1 Å². The first kappa shape index (κ1) is 70.3. The summed E-state index contributed by atoms with van der Waals surface area (Å²) in [5, 5.41) is 18.3. The largest absolute Gasteiger partial charge is 0.335 e. The Labute approximate surface area is 659 Å². The van der Waals surface area contributed by atoms with Crippen LogP contribution in [-0.2, 0) is 22.2 Å². The molecule has 113 heavy (non-hydrogen) atoms. The molecule has 0 amide bonds.